The number of amides is 1. The topological polar surface area (TPSA) is 81.1 Å². The van der Waals surface area contributed by atoms with Gasteiger partial charge in [-0.15, -0.1) is 0 Å². The van der Waals surface area contributed by atoms with Gasteiger partial charge in [0.15, 0.2) is 9.84 Å². The molecular formula is C17H17Cl2N3O3S. The van der Waals surface area contributed by atoms with Crippen molar-refractivity contribution in [2.45, 2.75) is 19.4 Å². The Balaban J connectivity index is 1.76. The highest BCUT2D eigenvalue weighted by Gasteiger charge is 2.31. The van der Waals surface area contributed by atoms with Crippen LogP contribution in [0.15, 0.2) is 30.3 Å². The van der Waals surface area contributed by atoms with Crippen LogP contribution >= 0.6 is 23.2 Å². The molecule has 0 spiro atoms. The van der Waals surface area contributed by atoms with Gasteiger partial charge in [0.05, 0.1) is 23.2 Å². The number of nitrogens with zero attached hydrogens (tertiary/aromatic N) is 2. The average Bonchev–Trinajstić information content (AvgIpc) is 3.10. The quantitative estimate of drug-likeness (QED) is 0.777. The van der Waals surface area contributed by atoms with Crippen LogP contribution in [0, 0.1) is 6.92 Å². The summed E-state index contributed by atoms with van der Waals surface area (Å²) in [6.45, 7) is 1.79. The van der Waals surface area contributed by atoms with Gasteiger partial charge in [0.25, 0.3) is 0 Å². The van der Waals surface area contributed by atoms with E-state index in [1.54, 1.807) is 41.9 Å². The van der Waals surface area contributed by atoms with E-state index in [4.69, 9.17) is 23.2 Å². The lowest BCUT2D eigenvalue weighted by Crippen LogP contribution is -2.18. The molecule has 1 N–H and O–H groups in total. The van der Waals surface area contributed by atoms with Crippen molar-refractivity contribution < 1.29 is 13.2 Å². The van der Waals surface area contributed by atoms with Gasteiger partial charge in [-0.1, -0.05) is 23.2 Å². The Morgan fingerprint density at radius 2 is 2.12 bits per heavy atom. The number of hydrogen-bond acceptors (Lipinski definition) is 4. The lowest BCUT2D eigenvalue weighted by molar-refractivity contribution is -0.111. The van der Waals surface area contributed by atoms with Crippen molar-refractivity contribution in [3.05, 3.63) is 51.6 Å². The van der Waals surface area contributed by atoms with Gasteiger partial charge in [-0.05, 0) is 43.2 Å². The number of carbonyl (C=O) groups is 1. The van der Waals surface area contributed by atoms with Gasteiger partial charge in [0.2, 0.25) is 5.91 Å². The molecule has 1 saturated heterocycles. The smallest absolute Gasteiger partial charge is 0.249 e. The Hall–Kier alpha value is -1.83. The van der Waals surface area contributed by atoms with Crippen molar-refractivity contribution in [1.82, 2.24) is 9.78 Å². The summed E-state index contributed by atoms with van der Waals surface area (Å²) in [5.74, 6) is 0.265. The van der Waals surface area contributed by atoms with Gasteiger partial charge in [0.1, 0.15) is 5.82 Å². The number of anilines is 1. The molecule has 0 bridgehead atoms. The number of carbonyl (C=O) groups excluding carboxylic acids is 1. The standard InChI is InChI=1S/C17H17Cl2N3O3S/c1-11-8-16(22(21-11)14-6-7-26(24,25)10-14)20-17(23)5-2-12-9-13(18)3-4-15(12)19/h2-5,8-9,14H,6-7,10H2,1H3,(H,20,23)/b5-2+. The molecule has 1 atom stereocenters. The van der Waals surface area contributed by atoms with E-state index in [-0.39, 0.29) is 23.5 Å². The van der Waals surface area contributed by atoms with Crippen LogP contribution in [0.5, 0.6) is 0 Å². The number of hydrogen-bond donors (Lipinski definition) is 1. The lowest BCUT2D eigenvalue weighted by Gasteiger charge is -2.13. The normalized spacial score (nSPS) is 19.1. The van der Waals surface area contributed by atoms with Gasteiger partial charge in [-0.3, -0.25) is 4.79 Å². The van der Waals surface area contributed by atoms with E-state index in [0.717, 1.165) is 0 Å². The van der Waals surface area contributed by atoms with Crippen LogP contribution in [0.25, 0.3) is 6.08 Å². The third-order valence-corrected chi connectivity index (χ3v) is 6.37. The Kier molecular flexibility index (Phi) is 5.41. The number of sulfone groups is 1. The van der Waals surface area contributed by atoms with E-state index >= 15 is 0 Å². The first-order valence-electron chi connectivity index (χ1n) is 7.94. The van der Waals surface area contributed by atoms with E-state index in [2.05, 4.69) is 10.4 Å². The first-order valence-corrected chi connectivity index (χ1v) is 10.5. The molecule has 1 fully saturated rings. The lowest BCUT2D eigenvalue weighted by atomic mass is 10.2. The van der Waals surface area contributed by atoms with Gasteiger partial charge < -0.3 is 5.32 Å². The fraction of sp³-hybridized carbons (Fsp3) is 0.294. The average molecular weight is 414 g/mol. The fourth-order valence-corrected chi connectivity index (χ4v) is 4.89. The minimum Gasteiger partial charge on any atom is -0.307 e. The number of benzene rings is 1. The largest absolute Gasteiger partial charge is 0.307 e. The first-order chi connectivity index (χ1) is 12.2. The molecule has 1 aliphatic heterocycles. The molecule has 6 nitrogen and oxygen atoms in total. The summed E-state index contributed by atoms with van der Waals surface area (Å²) < 4.78 is 25.0. The molecule has 0 aliphatic carbocycles. The highest BCUT2D eigenvalue weighted by atomic mass is 35.5. The highest BCUT2D eigenvalue weighted by Crippen LogP contribution is 2.27. The zero-order chi connectivity index (χ0) is 18.9. The van der Waals surface area contributed by atoms with Crippen molar-refractivity contribution in [2.75, 3.05) is 16.8 Å². The number of halogens is 2. The molecule has 1 aliphatic rings. The molecule has 9 heteroatoms. The summed E-state index contributed by atoms with van der Waals surface area (Å²) in [5, 5.41) is 8.07. The van der Waals surface area contributed by atoms with E-state index in [1.807, 2.05) is 0 Å². The van der Waals surface area contributed by atoms with Crippen molar-refractivity contribution in [1.29, 1.82) is 0 Å². The Morgan fingerprint density at radius 1 is 1.35 bits per heavy atom. The molecule has 1 aromatic carbocycles. The van der Waals surface area contributed by atoms with Crippen molar-refractivity contribution in [2.24, 2.45) is 0 Å². The third kappa shape index (κ3) is 4.47. The summed E-state index contributed by atoms with van der Waals surface area (Å²) >= 11 is 12.0. The van der Waals surface area contributed by atoms with E-state index in [9.17, 15) is 13.2 Å². The van der Waals surface area contributed by atoms with Gasteiger partial charge in [-0.2, -0.15) is 5.10 Å². The van der Waals surface area contributed by atoms with Crippen LogP contribution < -0.4 is 5.32 Å². The molecule has 1 unspecified atom stereocenters. The minimum absolute atomic E-state index is 0.0327. The van der Waals surface area contributed by atoms with Crippen molar-refractivity contribution in [3.8, 4) is 0 Å². The first kappa shape index (κ1) is 18.9. The molecule has 0 saturated carbocycles. The zero-order valence-electron chi connectivity index (χ0n) is 13.9. The van der Waals surface area contributed by atoms with E-state index in [1.165, 1.54) is 6.08 Å². The fourth-order valence-electron chi connectivity index (χ4n) is 2.83. The maximum atomic E-state index is 12.3. The molecule has 2 heterocycles. The molecule has 138 valence electrons. The molecule has 1 amide bonds. The number of rotatable bonds is 4. The van der Waals surface area contributed by atoms with Crippen molar-refractivity contribution >= 4 is 50.8 Å². The summed E-state index contributed by atoms with van der Waals surface area (Å²) in [4.78, 5) is 12.3. The van der Waals surface area contributed by atoms with Gasteiger partial charge in [-0.25, -0.2) is 13.1 Å². The van der Waals surface area contributed by atoms with E-state index in [0.29, 0.717) is 33.5 Å². The van der Waals surface area contributed by atoms with Crippen molar-refractivity contribution in [3.63, 3.8) is 0 Å². The second-order valence-electron chi connectivity index (χ2n) is 6.16. The molecule has 1 aromatic heterocycles. The molecule has 0 radical (unpaired) electrons. The highest BCUT2D eigenvalue weighted by molar-refractivity contribution is 7.91. The van der Waals surface area contributed by atoms with Gasteiger partial charge >= 0.3 is 0 Å². The van der Waals surface area contributed by atoms with Crippen LogP contribution in [-0.4, -0.2) is 35.6 Å². The number of nitrogens with one attached hydrogen (secondary N) is 1. The Morgan fingerprint density at radius 3 is 2.81 bits per heavy atom. The van der Waals surface area contributed by atoms with Crippen LogP contribution in [0.1, 0.15) is 23.7 Å². The molecule has 3 rings (SSSR count). The number of aromatic nitrogens is 2. The van der Waals surface area contributed by atoms with E-state index < -0.39 is 9.84 Å². The SMILES string of the molecule is Cc1cc(NC(=O)/C=C/c2cc(Cl)ccc2Cl)n(C2CCS(=O)(=O)C2)n1. The van der Waals surface area contributed by atoms with Crippen LogP contribution in [0.3, 0.4) is 0 Å². The molecular weight excluding hydrogens is 397 g/mol. The Bertz CT molecular complexity index is 983. The number of aryl methyl sites for hydroxylation is 1. The summed E-state index contributed by atoms with van der Waals surface area (Å²) in [6.07, 6.45) is 3.40. The summed E-state index contributed by atoms with van der Waals surface area (Å²) in [7, 11) is -3.05. The van der Waals surface area contributed by atoms with Crippen LogP contribution in [0.2, 0.25) is 10.0 Å². The van der Waals surface area contributed by atoms with Gasteiger partial charge in [0, 0.05) is 22.2 Å². The summed E-state index contributed by atoms with van der Waals surface area (Å²) in [5.41, 5.74) is 1.33. The predicted molar refractivity (Wildman–Crippen MR) is 103 cm³/mol. The third-order valence-electron chi connectivity index (χ3n) is 4.04. The maximum absolute atomic E-state index is 12.3. The predicted octanol–water partition coefficient (Wildman–Crippen LogP) is 3.51. The van der Waals surface area contributed by atoms with Crippen LogP contribution in [-0.2, 0) is 14.6 Å². The Labute approximate surface area is 161 Å². The van der Waals surface area contributed by atoms with Crippen LogP contribution in [0.4, 0.5) is 5.82 Å². The maximum Gasteiger partial charge on any atom is 0.249 e. The second-order valence-corrected chi connectivity index (χ2v) is 9.23. The minimum atomic E-state index is -3.05. The monoisotopic (exact) mass is 413 g/mol. The summed E-state index contributed by atoms with van der Waals surface area (Å²) in [6, 6.07) is 6.42. The molecule has 2 aromatic rings. The second kappa shape index (κ2) is 7.42. The molecule has 26 heavy (non-hydrogen) atoms. The zero-order valence-corrected chi connectivity index (χ0v) is 16.3.